The third kappa shape index (κ3) is 5.16. The van der Waals surface area contributed by atoms with Crippen LogP contribution in [-0.2, 0) is 20.8 Å². The van der Waals surface area contributed by atoms with Crippen LogP contribution >= 0.6 is 11.3 Å². The van der Waals surface area contributed by atoms with Gasteiger partial charge in [-0.3, -0.25) is 14.9 Å². The second-order valence-corrected chi connectivity index (χ2v) is 8.88. The number of aromatic nitrogens is 1. The molecule has 1 aliphatic heterocycles. The lowest BCUT2D eigenvalue weighted by molar-refractivity contribution is -0.120. The Hall–Kier alpha value is -4.35. The number of nitrogens with zero attached hydrogens (tertiary/aromatic N) is 2. The molecule has 0 radical (unpaired) electrons. The number of benzene rings is 3. The summed E-state index contributed by atoms with van der Waals surface area (Å²) in [4.78, 5) is 42.3. The molecule has 2 heterocycles. The minimum Gasteiger partial charge on any atom is -0.450 e. The smallest absolute Gasteiger partial charge is 0.450 e. The van der Waals surface area contributed by atoms with Gasteiger partial charge in [0.25, 0.3) is 11.8 Å². The summed E-state index contributed by atoms with van der Waals surface area (Å²) < 4.78 is 23.9. The molecule has 4 aromatic rings. The van der Waals surface area contributed by atoms with Crippen LogP contribution in [0.4, 0.5) is 20.0 Å². The van der Waals surface area contributed by atoms with Gasteiger partial charge in [0, 0.05) is 11.3 Å². The van der Waals surface area contributed by atoms with Gasteiger partial charge >= 0.3 is 6.16 Å². The molecule has 182 valence electrons. The second-order valence-electron chi connectivity index (χ2n) is 7.85. The summed E-state index contributed by atoms with van der Waals surface area (Å²) in [5.74, 6) is -1.31. The van der Waals surface area contributed by atoms with Crippen molar-refractivity contribution >= 4 is 50.3 Å². The highest BCUT2D eigenvalue weighted by molar-refractivity contribution is 7.22. The van der Waals surface area contributed by atoms with Gasteiger partial charge in [-0.2, -0.15) is 0 Å². The number of para-hydroxylation sites is 1. The number of thiazole rings is 1. The summed E-state index contributed by atoms with van der Waals surface area (Å²) in [7, 11) is 0. The van der Waals surface area contributed by atoms with E-state index in [4.69, 9.17) is 9.84 Å². The summed E-state index contributed by atoms with van der Waals surface area (Å²) in [6, 6.07) is 19.5. The van der Waals surface area contributed by atoms with Crippen LogP contribution in [0.5, 0.6) is 0 Å². The Morgan fingerprint density at radius 1 is 1.06 bits per heavy atom. The number of fused-ring (bicyclic) bond motifs is 1. The number of ether oxygens (including phenoxy) is 2. The van der Waals surface area contributed by atoms with E-state index in [2.05, 4.69) is 15.0 Å². The van der Waals surface area contributed by atoms with Crippen LogP contribution in [0, 0.1) is 5.82 Å². The maximum atomic E-state index is 13.3. The molecule has 1 aliphatic rings. The zero-order valence-electron chi connectivity index (χ0n) is 18.5. The Labute approximate surface area is 207 Å². The first-order chi connectivity index (χ1) is 17.4. The van der Waals surface area contributed by atoms with Crippen molar-refractivity contribution in [1.82, 2.24) is 4.98 Å². The minimum absolute atomic E-state index is 0.0655. The molecule has 0 spiro atoms. The van der Waals surface area contributed by atoms with Crippen molar-refractivity contribution in [2.75, 3.05) is 10.2 Å². The summed E-state index contributed by atoms with van der Waals surface area (Å²) in [5, 5.41) is 12.0. The molecule has 1 fully saturated rings. The molecule has 11 heteroatoms. The minimum atomic E-state index is -1.55. The number of hydrogen-bond donors (Lipinski definition) is 2. The Morgan fingerprint density at radius 2 is 1.78 bits per heavy atom. The average molecular weight is 507 g/mol. The summed E-state index contributed by atoms with van der Waals surface area (Å²) in [5.41, 5.74) is 2.21. The number of carbonyl (C=O) groups excluding carboxylic acids is 2. The zero-order chi connectivity index (χ0) is 25.2. The van der Waals surface area contributed by atoms with E-state index in [0.717, 1.165) is 10.2 Å². The van der Waals surface area contributed by atoms with Gasteiger partial charge in [0.15, 0.2) is 5.13 Å². The molecule has 0 saturated carbocycles. The lowest BCUT2D eigenvalue weighted by atomic mass is 10.1. The first-order valence-corrected chi connectivity index (χ1v) is 11.6. The molecule has 36 heavy (non-hydrogen) atoms. The van der Waals surface area contributed by atoms with Crippen molar-refractivity contribution in [1.29, 1.82) is 0 Å². The molecular weight excluding hydrogens is 489 g/mol. The number of carboxylic acid groups (broad SMARTS) is 1. The fraction of sp³-hybridized carbons (Fsp3) is 0.120. The average Bonchev–Trinajstić information content (AvgIpc) is 3.50. The van der Waals surface area contributed by atoms with E-state index in [-0.39, 0.29) is 12.5 Å². The van der Waals surface area contributed by atoms with Crippen molar-refractivity contribution in [3.05, 3.63) is 89.7 Å². The molecule has 2 N–H and O–H groups in total. The maximum absolute atomic E-state index is 13.3. The first kappa shape index (κ1) is 23.4. The van der Waals surface area contributed by atoms with Gasteiger partial charge in [-0.1, -0.05) is 35.6 Å². The van der Waals surface area contributed by atoms with Crippen molar-refractivity contribution in [2.24, 2.45) is 0 Å². The standard InChI is InChI=1S/C25H18FN3O6S/c26-16-9-5-14(6-10-16)13-29(22(31)20-23(34-20)35-25(32)33)17-11-7-15(8-12-17)21(30)28-24-27-18-3-1-2-4-19(18)36-24/h1-12,20,23H,13H2,(H,32,33)(H,27,28,30)/t20-,23+/m1/s1. The van der Waals surface area contributed by atoms with Crippen molar-refractivity contribution < 1.29 is 33.4 Å². The molecule has 0 aliphatic carbocycles. The largest absolute Gasteiger partial charge is 0.508 e. The number of halogens is 1. The highest BCUT2D eigenvalue weighted by Crippen LogP contribution is 2.30. The monoisotopic (exact) mass is 507 g/mol. The predicted molar refractivity (Wildman–Crippen MR) is 129 cm³/mol. The lowest BCUT2D eigenvalue weighted by Gasteiger charge is -2.22. The van der Waals surface area contributed by atoms with Gasteiger partial charge in [0.2, 0.25) is 12.4 Å². The number of anilines is 2. The van der Waals surface area contributed by atoms with E-state index in [9.17, 15) is 18.8 Å². The molecule has 2 atom stereocenters. The van der Waals surface area contributed by atoms with Crippen molar-refractivity contribution in [3.8, 4) is 0 Å². The molecule has 2 amide bonds. The van der Waals surface area contributed by atoms with E-state index in [1.54, 1.807) is 24.3 Å². The van der Waals surface area contributed by atoms with Crippen molar-refractivity contribution in [3.63, 3.8) is 0 Å². The van der Waals surface area contributed by atoms with E-state index >= 15 is 0 Å². The Balaban J connectivity index is 1.34. The zero-order valence-corrected chi connectivity index (χ0v) is 19.3. The van der Waals surface area contributed by atoms with Gasteiger partial charge in [-0.15, -0.1) is 0 Å². The molecule has 1 aromatic heterocycles. The van der Waals surface area contributed by atoms with Crippen LogP contribution in [0.25, 0.3) is 10.2 Å². The van der Waals surface area contributed by atoms with Crippen LogP contribution in [0.1, 0.15) is 15.9 Å². The molecule has 0 bridgehead atoms. The summed E-state index contributed by atoms with van der Waals surface area (Å²) in [6.07, 6.45) is -3.84. The van der Waals surface area contributed by atoms with Crippen molar-refractivity contribution in [2.45, 2.75) is 18.9 Å². The summed E-state index contributed by atoms with van der Waals surface area (Å²) in [6.45, 7) is 0.0655. The second kappa shape index (κ2) is 9.72. The first-order valence-electron chi connectivity index (χ1n) is 10.8. The van der Waals surface area contributed by atoms with E-state index in [1.807, 2.05) is 24.3 Å². The number of amides is 2. The van der Waals surface area contributed by atoms with Crippen LogP contribution < -0.4 is 10.2 Å². The molecule has 9 nitrogen and oxygen atoms in total. The van der Waals surface area contributed by atoms with Gasteiger partial charge in [-0.25, -0.2) is 14.2 Å². The van der Waals surface area contributed by atoms with Gasteiger partial charge in [0.1, 0.15) is 5.82 Å². The number of epoxide rings is 1. The number of rotatable bonds is 7. The summed E-state index contributed by atoms with van der Waals surface area (Å²) >= 11 is 1.36. The maximum Gasteiger partial charge on any atom is 0.508 e. The normalized spacial score (nSPS) is 16.4. The van der Waals surface area contributed by atoms with Crippen LogP contribution in [0.2, 0.25) is 0 Å². The number of hydrogen-bond acceptors (Lipinski definition) is 7. The lowest BCUT2D eigenvalue weighted by Crippen LogP contribution is -2.35. The molecule has 0 unspecified atom stereocenters. The fourth-order valence-electron chi connectivity index (χ4n) is 3.57. The highest BCUT2D eigenvalue weighted by atomic mass is 32.1. The van der Waals surface area contributed by atoms with Crippen LogP contribution in [0.15, 0.2) is 72.8 Å². The van der Waals surface area contributed by atoms with E-state index < -0.39 is 30.3 Å². The Bertz CT molecular complexity index is 1410. The Kier molecular flexibility index (Phi) is 6.32. The van der Waals surface area contributed by atoms with Crippen LogP contribution in [0.3, 0.4) is 0 Å². The highest BCUT2D eigenvalue weighted by Gasteiger charge is 2.51. The molecule has 3 aromatic carbocycles. The fourth-order valence-corrected chi connectivity index (χ4v) is 4.43. The van der Waals surface area contributed by atoms with E-state index in [0.29, 0.717) is 21.9 Å². The number of nitrogens with one attached hydrogen (secondary N) is 1. The predicted octanol–water partition coefficient (Wildman–Crippen LogP) is 4.64. The van der Waals surface area contributed by atoms with E-state index in [1.165, 1.54) is 40.5 Å². The van der Waals surface area contributed by atoms with Crippen LogP contribution in [-0.4, -0.2) is 40.5 Å². The van der Waals surface area contributed by atoms with Gasteiger partial charge in [-0.05, 0) is 54.1 Å². The Morgan fingerprint density at radius 3 is 2.47 bits per heavy atom. The SMILES string of the molecule is O=C(O)O[C@@H]1O[C@@H]1C(=O)N(Cc1ccc(F)cc1)c1ccc(C(=O)Nc2nc3ccccc3s2)cc1. The number of carbonyl (C=O) groups is 3. The quantitative estimate of drug-likeness (QED) is 0.276. The van der Waals surface area contributed by atoms with Gasteiger partial charge in [0.05, 0.1) is 16.8 Å². The molecule has 5 rings (SSSR count). The van der Waals surface area contributed by atoms with Gasteiger partial charge < -0.3 is 19.5 Å². The molecular formula is C25H18FN3O6S. The third-order valence-electron chi connectivity index (χ3n) is 5.39. The topological polar surface area (TPSA) is 121 Å². The third-order valence-corrected chi connectivity index (χ3v) is 6.34. The molecule has 1 saturated heterocycles.